The average molecular weight is 533 g/mol. The maximum atomic E-state index is 12.7. The number of hydrogen-bond donors (Lipinski definition) is 2. The Morgan fingerprint density at radius 1 is 0.818 bits per heavy atom. The molecule has 0 amide bonds. The number of nitrogens with zero attached hydrogens (tertiary/aromatic N) is 2. The van der Waals surface area contributed by atoms with E-state index in [0.29, 0.717) is 35.9 Å². The van der Waals surface area contributed by atoms with Crippen molar-refractivity contribution in [2.24, 2.45) is 10.1 Å². The Morgan fingerprint density at radius 3 is 1.64 bits per heavy atom. The highest BCUT2D eigenvalue weighted by molar-refractivity contribution is 8.93. The molecule has 11 heteroatoms. The lowest BCUT2D eigenvalue weighted by atomic mass is 10.1. The molecule has 0 spiro atoms. The number of rotatable bonds is 5. The Balaban J connectivity index is 0.00000385. The number of guanidine groups is 1. The molecule has 33 heavy (non-hydrogen) atoms. The van der Waals surface area contributed by atoms with Crippen LogP contribution in [0, 0.1) is 0 Å². The van der Waals surface area contributed by atoms with Gasteiger partial charge >= 0.3 is 12.4 Å². The maximum absolute atomic E-state index is 12.7. The van der Waals surface area contributed by atoms with Crippen LogP contribution in [0.3, 0.4) is 0 Å². The number of benzene rings is 2. The lowest BCUT2D eigenvalue weighted by Gasteiger charge is -2.06. The van der Waals surface area contributed by atoms with Crippen molar-refractivity contribution in [3.05, 3.63) is 82.9 Å². The molecular formula is C22H19BrF6N4. The summed E-state index contributed by atoms with van der Waals surface area (Å²) < 4.78 is 76.2. The summed E-state index contributed by atoms with van der Waals surface area (Å²) in [7, 11) is 0. The Hall–Kier alpha value is -3.08. The monoisotopic (exact) mass is 532 g/mol. The number of nitrogens with one attached hydrogen (secondary N) is 2. The molecule has 4 nitrogen and oxygen atoms in total. The van der Waals surface area contributed by atoms with E-state index >= 15 is 0 Å². The van der Waals surface area contributed by atoms with E-state index in [1.807, 2.05) is 0 Å². The van der Waals surface area contributed by atoms with Crippen LogP contribution in [0.25, 0.3) is 12.2 Å². The summed E-state index contributed by atoms with van der Waals surface area (Å²) in [4.78, 5) is 4.14. The number of halogens is 7. The van der Waals surface area contributed by atoms with Gasteiger partial charge < -0.3 is 5.32 Å². The van der Waals surface area contributed by atoms with Gasteiger partial charge in [-0.15, -0.1) is 17.0 Å². The molecule has 176 valence electrons. The molecule has 1 heterocycles. The van der Waals surface area contributed by atoms with Crippen LogP contribution in [0.1, 0.15) is 22.3 Å². The Kier molecular flexibility index (Phi) is 8.86. The largest absolute Gasteiger partial charge is 0.416 e. The van der Waals surface area contributed by atoms with Crippen LogP contribution in [0.2, 0.25) is 0 Å². The van der Waals surface area contributed by atoms with Gasteiger partial charge in [0, 0.05) is 6.54 Å². The second-order valence-electron chi connectivity index (χ2n) is 6.71. The Bertz CT molecular complexity index is 967. The standard InChI is InChI=1S/C22H18F6N4.BrH/c23-21(24,25)17-7-1-15(2-8-17)5-11-19(31-32-20-29-13-14-30-20)12-6-16-3-9-18(10-4-16)22(26,27)28;/h1-12H,13-14H2,(H2,29,30,32);1H. The Morgan fingerprint density at radius 2 is 1.27 bits per heavy atom. The van der Waals surface area contributed by atoms with Crippen molar-refractivity contribution in [3.8, 4) is 0 Å². The van der Waals surface area contributed by atoms with Gasteiger partial charge in [-0.3, -0.25) is 0 Å². The molecule has 0 saturated heterocycles. The van der Waals surface area contributed by atoms with Crippen LogP contribution < -0.4 is 10.7 Å². The summed E-state index contributed by atoms with van der Waals surface area (Å²) in [5.41, 5.74) is 2.65. The molecule has 0 bridgehead atoms. The molecule has 0 unspecified atom stereocenters. The third-order valence-electron chi connectivity index (χ3n) is 4.33. The molecule has 0 atom stereocenters. The minimum Gasteiger partial charge on any atom is -0.353 e. The van der Waals surface area contributed by atoms with Crippen LogP contribution >= 0.6 is 17.0 Å². The SMILES string of the molecule is Br.FC(F)(F)c1ccc(C=CC(C=Cc2ccc(C(F)(F)F)cc2)=NNC2=NCCN2)cc1. The molecule has 3 rings (SSSR count). The van der Waals surface area contributed by atoms with Crippen LogP contribution in [0.4, 0.5) is 26.3 Å². The summed E-state index contributed by atoms with van der Waals surface area (Å²) in [5, 5.41) is 7.16. The maximum Gasteiger partial charge on any atom is 0.416 e. The molecule has 2 aromatic rings. The van der Waals surface area contributed by atoms with Gasteiger partial charge in [0.25, 0.3) is 0 Å². The quantitative estimate of drug-likeness (QED) is 0.284. The van der Waals surface area contributed by atoms with Crippen LogP contribution in [0.15, 0.2) is 70.8 Å². The third kappa shape index (κ3) is 8.08. The van der Waals surface area contributed by atoms with E-state index in [9.17, 15) is 26.3 Å². The summed E-state index contributed by atoms with van der Waals surface area (Å²) in [6.45, 7) is 1.26. The fourth-order valence-electron chi connectivity index (χ4n) is 2.65. The van der Waals surface area contributed by atoms with Gasteiger partial charge in [0.2, 0.25) is 5.96 Å². The number of hydrazone groups is 1. The van der Waals surface area contributed by atoms with Crippen molar-refractivity contribution in [2.75, 3.05) is 13.1 Å². The Labute approximate surface area is 196 Å². The van der Waals surface area contributed by atoms with Crippen molar-refractivity contribution in [3.63, 3.8) is 0 Å². The van der Waals surface area contributed by atoms with Gasteiger partial charge in [0.05, 0.1) is 23.4 Å². The van der Waals surface area contributed by atoms with Crippen molar-refractivity contribution in [2.45, 2.75) is 12.4 Å². The fourth-order valence-corrected chi connectivity index (χ4v) is 2.65. The molecule has 2 aromatic carbocycles. The first-order valence-electron chi connectivity index (χ1n) is 9.44. The molecule has 2 N–H and O–H groups in total. The van der Waals surface area contributed by atoms with Gasteiger partial charge in [-0.2, -0.15) is 31.4 Å². The second kappa shape index (κ2) is 11.2. The molecule has 0 saturated carbocycles. The van der Waals surface area contributed by atoms with Crippen molar-refractivity contribution in [1.29, 1.82) is 0 Å². The first-order valence-corrected chi connectivity index (χ1v) is 9.44. The van der Waals surface area contributed by atoms with E-state index in [0.717, 1.165) is 24.3 Å². The van der Waals surface area contributed by atoms with Gasteiger partial charge in [0.1, 0.15) is 0 Å². The zero-order valence-electron chi connectivity index (χ0n) is 16.9. The minimum atomic E-state index is -4.42. The fraction of sp³-hybridized carbons (Fsp3) is 0.182. The molecular weight excluding hydrogens is 514 g/mol. The van der Waals surface area contributed by atoms with Crippen LogP contribution in [-0.2, 0) is 12.4 Å². The summed E-state index contributed by atoms with van der Waals surface area (Å²) in [5.74, 6) is 0.466. The van der Waals surface area contributed by atoms with E-state index < -0.39 is 23.5 Å². The van der Waals surface area contributed by atoms with E-state index in [4.69, 9.17) is 0 Å². The number of aliphatic imine (C=N–C) groups is 1. The number of allylic oxidation sites excluding steroid dienone is 2. The minimum absolute atomic E-state index is 0. The third-order valence-corrected chi connectivity index (χ3v) is 4.33. The molecule has 1 aliphatic rings. The highest BCUT2D eigenvalue weighted by atomic mass is 79.9. The van der Waals surface area contributed by atoms with E-state index in [1.54, 1.807) is 24.3 Å². The van der Waals surface area contributed by atoms with E-state index in [-0.39, 0.29) is 17.0 Å². The predicted octanol–water partition coefficient (Wildman–Crippen LogP) is 5.93. The zero-order valence-corrected chi connectivity index (χ0v) is 18.6. The first kappa shape index (κ1) is 26.2. The molecule has 0 aliphatic carbocycles. The van der Waals surface area contributed by atoms with Crippen LogP contribution in [0.5, 0.6) is 0 Å². The smallest absolute Gasteiger partial charge is 0.353 e. The first-order chi connectivity index (χ1) is 15.1. The highest BCUT2D eigenvalue weighted by Crippen LogP contribution is 2.30. The van der Waals surface area contributed by atoms with E-state index in [2.05, 4.69) is 20.8 Å². The lowest BCUT2D eigenvalue weighted by Crippen LogP contribution is -2.30. The molecule has 0 fully saturated rings. The average Bonchev–Trinajstić information content (AvgIpc) is 3.26. The van der Waals surface area contributed by atoms with E-state index in [1.165, 1.54) is 24.3 Å². The number of alkyl halides is 6. The summed E-state index contributed by atoms with van der Waals surface area (Å²) >= 11 is 0. The van der Waals surface area contributed by atoms with Gasteiger partial charge in [0.15, 0.2) is 0 Å². The predicted molar refractivity (Wildman–Crippen MR) is 122 cm³/mol. The normalized spacial score (nSPS) is 14.1. The topological polar surface area (TPSA) is 48.8 Å². The lowest BCUT2D eigenvalue weighted by molar-refractivity contribution is -0.138. The molecule has 1 aliphatic heterocycles. The van der Waals surface area contributed by atoms with Gasteiger partial charge in [-0.25, -0.2) is 10.4 Å². The van der Waals surface area contributed by atoms with Crippen LogP contribution in [-0.4, -0.2) is 24.8 Å². The summed E-state index contributed by atoms with van der Waals surface area (Å²) in [6, 6.07) is 9.21. The van der Waals surface area contributed by atoms with Gasteiger partial charge in [-0.05, 0) is 47.5 Å². The number of hydrogen-bond acceptors (Lipinski definition) is 4. The molecule has 0 radical (unpaired) electrons. The zero-order chi connectivity index (χ0) is 23.2. The van der Waals surface area contributed by atoms with Crippen molar-refractivity contribution >= 4 is 40.8 Å². The highest BCUT2D eigenvalue weighted by Gasteiger charge is 2.30. The second-order valence-corrected chi connectivity index (χ2v) is 6.71. The summed E-state index contributed by atoms with van der Waals surface area (Å²) in [6.07, 6.45) is -2.57. The van der Waals surface area contributed by atoms with Crippen molar-refractivity contribution < 1.29 is 26.3 Å². The van der Waals surface area contributed by atoms with Crippen molar-refractivity contribution in [1.82, 2.24) is 10.7 Å². The molecule has 0 aromatic heterocycles. The van der Waals surface area contributed by atoms with Gasteiger partial charge in [-0.1, -0.05) is 36.4 Å².